The molecule has 0 aliphatic rings. The van der Waals surface area contributed by atoms with Crippen molar-refractivity contribution in [3.05, 3.63) is 0 Å². The lowest BCUT2D eigenvalue weighted by molar-refractivity contribution is -0.125. The maximum atomic E-state index is 11.3. The van der Waals surface area contributed by atoms with Gasteiger partial charge in [-0.1, -0.05) is 13.8 Å². The lowest BCUT2D eigenvalue weighted by atomic mass is 10.3. The van der Waals surface area contributed by atoms with Crippen molar-refractivity contribution in [2.75, 3.05) is 39.3 Å². The van der Waals surface area contributed by atoms with Crippen molar-refractivity contribution in [3.63, 3.8) is 0 Å². The molecule has 0 unspecified atom stereocenters. The predicted molar refractivity (Wildman–Crippen MR) is 67.5 cm³/mol. The molecule has 0 heterocycles. The molecule has 6 nitrogen and oxygen atoms in total. The molecule has 4 N–H and O–H groups in total. The Morgan fingerprint density at radius 2 is 1.76 bits per heavy atom. The van der Waals surface area contributed by atoms with E-state index in [0.29, 0.717) is 6.54 Å². The Bertz CT molecular complexity index is 230. The molecule has 0 aromatic heterocycles. The minimum Gasteiger partial charge on any atom is -0.355 e. The van der Waals surface area contributed by atoms with Gasteiger partial charge in [0.05, 0.1) is 13.1 Å². The van der Waals surface area contributed by atoms with Gasteiger partial charge >= 0.3 is 0 Å². The number of hydrogen-bond acceptors (Lipinski definition) is 4. The number of nitrogens with one attached hydrogen (secondary N) is 2. The Morgan fingerprint density at radius 3 is 2.29 bits per heavy atom. The second kappa shape index (κ2) is 10.0. The van der Waals surface area contributed by atoms with Crippen molar-refractivity contribution >= 4 is 11.8 Å². The molecule has 0 aliphatic heterocycles. The Balaban J connectivity index is 3.48. The van der Waals surface area contributed by atoms with Gasteiger partial charge in [-0.05, 0) is 26.1 Å². The molecule has 0 aliphatic carbocycles. The first-order chi connectivity index (χ1) is 8.13. The van der Waals surface area contributed by atoms with Crippen LogP contribution >= 0.6 is 0 Å². The zero-order valence-corrected chi connectivity index (χ0v) is 10.8. The van der Waals surface area contributed by atoms with Crippen LogP contribution in [-0.4, -0.2) is 56.0 Å². The predicted octanol–water partition coefficient (Wildman–Crippen LogP) is -1.09. The van der Waals surface area contributed by atoms with Crippen LogP contribution in [0.25, 0.3) is 0 Å². The van der Waals surface area contributed by atoms with E-state index in [4.69, 9.17) is 5.73 Å². The van der Waals surface area contributed by atoms with E-state index in [1.165, 1.54) is 0 Å². The van der Waals surface area contributed by atoms with E-state index in [9.17, 15) is 9.59 Å². The van der Waals surface area contributed by atoms with Gasteiger partial charge in [0.2, 0.25) is 11.8 Å². The Kier molecular flexibility index (Phi) is 9.37. The van der Waals surface area contributed by atoms with Crippen LogP contribution in [0.1, 0.15) is 20.3 Å². The summed E-state index contributed by atoms with van der Waals surface area (Å²) >= 11 is 0. The number of carbonyl (C=O) groups is 2. The fraction of sp³-hybridized carbons (Fsp3) is 0.818. The average molecular weight is 244 g/mol. The van der Waals surface area contributed by atoms with E-state index in [2.05, 4.69) is 29.4 Å². The number of hydrogen-bond donors (Lipinski definition) is 3. The highest BCUT2D eigenvalue weighted by Gasteiger charge is 2.03. The van der Waals surface area contributed by atoms with Crippen LogP contribution in [0.5, 0.6) is 0 Å². The third-order valence-electron chi connectivity index (χ3n) is 2.50. The normalized spacial score (nSPS) is 10.4. The van der Waals surface area contributed by atoms with Crippen LogP contribution in [-0.2, 0) is 9.59 Å². The summed E-state index contributed by atoms with van der Waals surface area (Å²) in [4.78, 5) is 24.4. The number of nitrogens with zero attached hydrogens (tertiary/aromatic N) is 1. The Hall–Kier alpha value is -1.14. The topological polar surface area (TPSA) is 87.5 Å². The quantitative estimate of drug-likeness (QED) is 0.450. The molecule has 0 fully saturated rings. The van der Waals surface area contributed by atoms with Crippen molar-refractivity contribution in [2.24, 2.45) is 5.73 Å². The fourth-order valence-electron chi connectivity index (χ4n) is 1.38. The lowest BCUT2D eigenvalue weighted by Crippen LogP contribution is -2.40. The van der Waals surface area contributed by atoms with Gasteiger partial charge in [0, 0.05) is 6.54 Å². The Labute approximate surface area is 103 Å². The smallest absolute Gasteiger partial charge is 0.239 e. The number of nitrogens with two attached hydrogens (primary N) is 1. The van der Waals surface area contributed by atoms with Gasteiger partial charge < -0.3 is 21.3 Å². The second-order valence-electron chi connectivity index (χ2n) is 3.71. The molecule has 6 heteroatoms. The largest absolute Gasteiger partial charge is 0.355 e. The summed E-state index contributed by atoms with van der Waals surface area (Å²) in [5, 5.41) is 5.16. The first-order valence-corrected chi connectivity index (χ1v) is 6.09. The summed E-state index contributed by atoms with van der Waals surface area (Å²) in [6, 6.07) is 0. The molecule has 100 valence electrons. The molecule has 0 bridgehead atoms. The molecule has 0 aromatic carbocycles. The summed E-state index contributed by atoms with van der Waals surface area (Å²) in [5.41, 5.74) is 5.09. The molecule has 0 radical (unpaired) electrons. The molecule has 0 saturated heterocycles. The molecule has 0 saturated carbocycles. The van der Waals surface area contributed by atoms with Crippen molar-refractivity contribution in [2.45, 2.75) is 20.3 Å². The second-order valence-corrected chi connectivity index (χ2v) is 3.71. The van der Waals surface area contributed by atoms with Crippen molar-refractivity contribution < 1.29 is 9.59 Å². The third-order valence-corrected chi connectivity index (χ3v) is 2.50. The van der Waals surface area contributed by atoms with Crippen molar-refractivity contribution in [1.82, 2.24) is 15.5 Å². The van der Waals surface area contributed by atoms with Gasteiger partial charge in [0.15, 0.2) is 0 Å². The van der Waals surface area contributed by atoms with Crippen molar-refractivity contribution in [1.29, 1.82) is 0 Å². The molecule has 0 atom stereocenters. The third kappa shape index (κ3) is 8.65. The van der Waals surface area contributed by atoms with E-state index in [1.807, 2.05) is 0 Å². The summed E-state index contributed by atoms with van der Waals surface area (Å²) < 4.78 is 0. The lowest BCUT2D eigenvalue weighted by Gasteiger charge is -2.17. The monoisotopic (exact) mass is 244 g/mol. The molecule has 0 spiro atoms. The van der Waals surface area contributed by atoms with Gasteiger partial charge in [-0.15, -0.1) is 0 Å². The van der Waals surface area contributed by atoms with Crippen LogP contribution in [0.2, 0.25) is 0 Å². The molecule has 0 aromatic rings. The summed E-state index contributed by atoms with van der Waals surface area (Å²) in [5.74, 6) is -0.491. The van der Waals surface area contributed by atoms with Crippen LogP contribution in [0.15, 0.2) is 0 Å². The minimum atomic E-state index is -0.316. The Morgan fingerprint density at radius 1 is 1.12 bits per heavy atom. The maximum absolute atomic E-state index is 11.3. The van der Waals surface area contributed by atoms with E-state index in [-0.39, 0.29) is 24.9 Å². The SMILES string of the molecule is CCN(CC)CCCNC(=O)CNC(=O)CN. The van der Waals surface area contributed by atoms with E-state index < -0.39 is 0 Å². The highest BCUT2D eigenvalue weighted by molar-refractivity contribution is 5.85. The minimum absolute atomic E-state index is 0.00129. The van der Waals surface area contributed by atoms with Gasteiger partial charge in [0.1, 0.15) is 0 Å². The van der Waals surface area contributed by atoms with E-state index in [0.717, 1.165) is 26.1 Å². The summed E-state index contributed by atoms with van der Waals surface area (Å²) in [7, 11) is 0. The number of amides is 2. The van der Waals surface area contributed by atoms with Gasteiger partial charge in [-0.25, -0.2) is 0 Å². The zero-order valence-electron chi connectivity index (χ0n) is 10.8. The standard InChI is InChI=1S/C11H24N4O2/c1-3-15(4-2)7-5-6-13-11(17)9-14-10(16)8-12/h3-9,12H2,1-2H3,(H,13,17)(H,14,16). The maximum Gasteiger partial charge on any atom is 0.239 e. The van der Waals surface area contributed by atoms with E-state index >= 15 is 0 Å². The first kappa shape index (κ1) is 15.9. The van der Waals surface area contributed by atoms with Gasteiger partial charge in [-0.2, -0.15) is 0 Å². The fourth-order valence-corrected chi connectivity index (χ4v) is 1.38. The molecule has 0 rings (SSSR count). The van der Waals surface area contributed by atoms with Gasteiger partial charge in [-0.3, -0.25) is 9.59 Å². The highest BCUT2D eigenvalue weighted by atomic mass is 16.2. The number of carbonyl (C=O) groups excluding carboxylic acids is 2. The van der Waals surface area contributed by atoms with Crippen LogP contribution < -0.4 is 16.4 Å². The first-order valence-electron chi connectivity index (χ1n) is 6.09. The van der Waals surface area contributed by atoms with Gasteiger partial charge in [0.25, 0.3) is 0 Å². The summed E-state index contributed by atoms with van der Waals surface area (Å²) in [6.45, 7) is 7.80. The molecular weight excluding hydrogens is 220 g/mol. The van der Waals surface area contributed by atoms with Crippen molar-refractivity contribution in [3.8, 4) is 0 Å². The van der Waals surface area contributed by atoms with Crippen LogP contribution in [0.4, 0.5) is 0 Å². The van der Waals surface area contributed by atoms with E-state index in [1.54, 1.807) is 0 Å². The summed E-state index contributed by atoms with van der Waals surface area (Å²) in [6.07, 6.45) is 0.915. The average Bonchev–Trinajstić information content (AvgIpc) is 2.36. The molecule has 2 amide bonds. The zero-order chi connectivity index (χ0) is 13.1. The van der Waals surface area contributed by atoms with Crippen LogP contribution in [0, 0.1) is 0 Å². The molecular formula is C11H24N4O2. The highest BCUT2D eigenvalue weighted by Crippen LogP contribution is 1.88. The molecule has 17 heavy (non-hydrogen) atoms. The number of rotatable bonds is 9. The van der Waals surface area contributed by atoms with Crippen LogP contribution in [0.3, 0.4) is 0 Å².